The first-order valence-electron chi connectivity index (χ1n) is 6.11. The largest absolute Gasteiger partial charge is 0.409 e. The molecule has 1 heterocycles. The van der Waals surface area contributed by atoms with Gasteiger partial charge in [0.1, 0.15) is 5.82 Å². The second-order valence-electron chi connectivity index (χ2n) is 4.77. The van der Waals surface area contributed by atoms with Gasteiger partial charge in [0.25, 0.3) is 0 Å². The van der Waals surface area contributed by atoms with Crippen LogP contribution in [0, 0.1) is 5.82 Å². The van der Waals surface area contributed by atoms with Crippen LogP contribution >= 0.6 is 0 Å². The van der Waals surface area contributed by atoms with Crippen molar-refractivity contribution in [2.45, 2.75) is 19.0 Å². The van der Waals surface area contributed by atoms with E-state index in [1.807, 2.05) is 0 Å². The van der Waals surface area contributed by atoms with Crippen molar-refractivity contribution in [2.24, 2.45) is 10.9 Å². The summed E-state index contributed by atoms with van der Waals surface area (Å²) in [6, 6.07) is 3.86. The van der Waals surface area contributed by atoms with Crippen LogP contribution in [0.1, 0.15) is 17.5 Å². The van der Waals surface area contributed by atoms with Gasteiger partial charge in [-0.15, -0.1) is 0 Å². The molecular weight excluding hydrogens is 285 g/mol. The molecule has 0 spiro atoms. The van der Waals surface area contributed by atoms with Crippen LogP contribution in [-0.4, -0.2) is 37.0 Å². The van der Waals surface area contributed by atoms with Crippen LogP contribution in [-0.2, 0) is 16.4 Å². The Morgan fingerprint density at radius 1 is 1.55 bits per heavy atom. The molecule has 1 atom stereocenters. The number of nitrogens with one attached hydrogen (secondary N) is 1. The highest BCUT2D eigenvalue weighted by molar-refractivity contribution is 7.91. The Balaban J connectivity index is 2.10. The fourth-order valence-corrected chi connectivity index (χ4v) is 3.91. The zero-order valence-corrected chi connectivity index (χ0v) is 11.5. The summed E-state index contributed by atoms with van der Waals surface area (Å²) in [4.78, 5) is 0. The van der Waals surface area contributed by atoms with Crippen molar-refractivity contribution >= 4 is 15.7 Å². The van der Waals surface area contributed by atoms with E-state index in [1.165, 1.54) is 18.2 Å². The van der Waals surface area contributed by atoms with Crippen LogP contribution < -0.4 is 11.1 Å². The molecule has 0 saturated carbocycles. The molecule has 1 aliphatic heterocycles. The highest BCUT2D eigenvalue weighted by Gasteiger charge is 2.27. The molecule has 2 rings (SSSR count). The first-order chi connectivity index (χ1) is 9.41. The average molecular weight is 301 g/mol. The van der Waals surface area contributed by atoms with Crippen LogP contribution in [0.15, 0.2) is 23.4 Å². The van der Waals surface area contributed by atoms with Gasteiger partial charge < -0.3 is 16.3 Å². The molecule has 0 radical (unpaired) electrons. The molecule has 20 heavy (non-hydrogen) atoms. The number of nitrogens with two attached hydrogens (primary N) is 1. The number of oxime groups is 1. The average Bonchev–Trinajstić information content (AvgIpc) is 2.76. The number of nitrogens with zero attached hydrogens (tertiary/aromatic N) is 1. The van der Waals surface area contributed by atoms with E-state index in [9.17, 15) is 12.8 Å². The molecule has 1 unspecified atom stereocenters. The number of hydrogen-bond acceptors (Lipinski definition) is 5. The molecule has 8 heteroatoms. The van der Waals surface area contributed by atoms with Crippen LogP contribution in [0.5, 0.6) is 0 Å². The van der Waals surface area contributed by atoms with E-state index in [0.29, 0.717) is 24.1 Å². The molecular formula is C12H16FN3O3S. The molecule has 0 bridgehead atoms. The molecule has 1 fully saturated rings. The summed E-state index contributed by atoms with van der Waals surface area (Å²) in [6.07, 6.45) is 0.558. The van der Waals surface area contributed by atoms with Crippen LogP contribution in [0.3, 0.4) is 0 Å². The molecule has 1 aromatic rings. The molecule has 6 nitrogen and oxygen atoms in total. The summed E-state index contributed by atoms with van der Waals surface area (Å²) >= 11 is 0. The van der Waals surface area contributed by atoms with E-state index in [0.717, 1.165) is 0 Å². The molecule has 1 aromatic carbocycles. The Bertz CT molecular complexity index is 631. The predicted octanol–water partition coefficient (Wildman–Crippen LogP) is 0.197. The van der Waals surface area contributed by atoms with E-state index in [1.54, 1.807) is 0 Å². The number of sulfone groups is 1. The third-order valence-corrected chi connectivity index (χ3v) is 5.04. The summed E-state index contributed by atoms with van der Waals surface area (Å²) in [6.45, 7) is 0.325. The summed E-state index contributed by atoms with van der Waals surface area (Å²) < 4.78 is 35.9. The minimum absolute atomic E-state index is 0.104. The van der Waals surface area contributed by atoms with Crippen molar-refractivity contribution in [2.75, 3.05) is 11.5 Å². The fraction of sp³-hybridized carbons (Fsp3) is 0.417. The number of benzene rings is 1. The number of halogens is 1. The Morgan fingerprint density at radius 3 is 2.90 bits per heavy atom. The van der Waals surface area contributed by atoms with Gasteiger partial charge in [0.15, 0.2) is 15.7 Å². The van der Waals surface area contributed by atoms with E-state index < -0.39 is 15.7 Å². The van der Waals surface area contributed by atoms with Crippen LogP contribution in [0.4, 0.5) is 4.39 Å². The summed E-state index contributed by atoms with van der Waals surface area (Å²) in [5, 5.41) is 14.7. The lowest BCUT2D eigenvalue weighted by molar-refractivity contribution is 0.318. The Labute approximate surface area is 116 Å². The van der Waals surface area contributed by atoms with Crippen molar-refractivity contribution in [1.82, 2.24) is 5.32 Å². The SMILES string of the molecule is NC(=NO)c1cc(F)ccc1CNC1CCS(=O)(=O)C1. The van der Waals surface area contributed by atoms with Crippen LogP contribution in [0.25, 0.3) is 0 Å². The van der Waals surface area contributed by atoms with E-state index in [-0.39, 0.29) is 23.4 Å². The molecule has 110 valence electrons. The van der Waals surface area contributed by atoms with Crippen LogP contribution in [0.2, 0.25) is 0 Å². The lowest BCUT2D eigenvalue weighted by Gasteiger charge is -2.13. The number of amidine groups is 1. The molecule has 1 saturated heterocycles. The topological polar surface area (TPSA) is 105 Å². The first-order valence-corrected chi connectivity index (χ1v) is 7.93. The van der Waals surface area contributed by atoms with Crippen molar-refractivity contribution < 1.29 is 18.0 Å². The normalized spacial score (nSPS) is 22.1. The lowest BCUT2D eigenvalue weighted by Crippen LogP contribution is -2.30. The Morgan fingerprint density at radius 2 is 2.30 bits per heavy atom. The van der Waals surface area contributed by atoms with Gasteiger partial charge in [-0.05, 0) is 24.1 Å². The van der Waals surface area contributed by atoms with E-state index in [4.69, 9.17) is 10.9 Å². The van der Waals surface area contributed by atoms with Gasteiger partial charge in [0, 0.05) is 18.2 Å². The number of hydrogen-bond donors (Lipinski definition) is 3. The zero-order chi connectivity index (χ0) is 14.8. The van der Waals surface area contributed by atoms with E-state index in [2.05, 4.69) is 10.5 Å². The summed E-state index contributed by atoms with van der Waals surface area (Å²) in [5.41, 5.74) is 6.44. The van der Waals surface area contributed by atoms with Gasteiger partial charge in [0.2, 0.25) is 0 Å². The first kappa shape index (κ1) is 14.7. The predicted molar refractivity (Wildman–Crippen MR) is 72.8 cm³/mol. The fourth-order valence-electron chi connectivity index (χ4n) is 2.21. The second-order valence-corrected chi connectivity index (χ2v) is 7.00. The van der Waals surface area contributed by atoms with Gasteiger partial charge in [-0.2, -0.15) is 0 Å². The lowest BCUT2D eigenvalue weighted by atomic mass is 10.1. The monoisotopic (exact) mass is 301 g/mol. The molecule has 1 aliphatic rings. The van der Waals surface area contributed by atoms with Crippen molar-refractivity contribution in [3.63, 3.8) is 0 Å². The zero-order valence-electron chi connectivity index (χ0n) is 10.7. The molecule has 4 N–H and O–H groups in total. The Kier molecular flexibility index (Phi) is 4.24. The third-order valence-electron chi connectivity index (χ3n) is 3.27. The van der Waals surface area contributed by atoms with Gasteiger partial charge in [-0.3, -0.25) is 0 Å². The molecule has 0 amide bonds. The maximum Gasteiger partial charge on any atom is 0.170 e. The standard InChI is InChI=1S/C12H16FN3O3S/c13-9-2-1-8(11(5-9)12(14)16-17)6-15-10-3-4-20(18,19)7-10/h1-2,5,10,15,17H,3-4,6-7H2,(H2,14,16). The van der Waals surface area contributed by atoms with Crippen molar-refractivity contribution in [3.8, 4) is 0 Å². The van der Waals surface area contributed by atoms with Crippen molar-refractivity contribution in [3.05, 3.63) is 35.1 Å². The highest BCUT2D eigenvalue weighted by Crippen LogP contribution is 2.15. The second kappa shape index (κ2) is 5.76. The van der Waals surface area contributed by atoms with Gasteiger partial charge in [-0.1, -0.05) is 11.2 Å². The Hall–Kier alpha value is -1.67. The van der Waals surface area contributed by atoms with Gasteiger partial charge >= 0.3 is 0 Å². The summed E-state index contributed by atoms with van der Waals surface area (Å²) in [7, 11) is -2.95. The van der Waals surface area contributed by atoms with Gasteiger partial charge in [-0.25, -0.2) is 12.8 Å². The maximum absolute atomic E-state index is 13.2. The smallest absolute Gasteiger partial charge is 0.170 e. The highest BCUT2D eigenvalue weighted by atomic mass is 32.2. The molecule has 0 aromatic heterocycles. The minimum Gasteiger partial charge on any atom is -0.409 e. The third kappa shape index (κ3) is 3.45. The number of rotatable bonds is 4. The van der Waals surface area contributed by atoms with E-state index >= 15 is 0 Å². The van der Waals surface area contributed by atoms with Gasteiger partial charge in [0.05, 0.1) is 11.5 Å². The summed E-state index contributed by atoms with van der Waals surface area (Å²) in [5.74, 6) is -0.381. The molecule has 0 aliphatic carbocycles. The minimum atomic E-state index is -2.95. The quantitative estimate of drug-likeness (QED) is 0.319. The maximum atomic E-state index is 13.2. The van der Waals surface area contributed by atoms with Crippen molar-refractivity contribution in [1.29, 1.82) is 0 Å².